The summed E-state index contributed by atoms with van der Waals surface area (Å²) in [5.74, 6) is 0. The van der Waals surface area contributed by atoms with E-state index >= 15 is 0 Å². The number of pyridine rings is 1. The van der Waals surface area contributed by atoms with Crippen molar-refractivity contribution >= 4 is 44.2 Å². The first-order valence-electron chi connectivity index (χ1n) is 9.46. The molecule has 1 aliphatic rings. The minimum Gasteiger partial charge on any atom is -0.424 e. The lowest BCUT2D eigenvalue weighted by Gasteiger charge is -2.27. The lowest BCUT2D eigenvalue weighted by Crippen LogP contribution is -2.36. The number of oxazole rings is 1. The molecule has 2 atom stereocenters. The third-order valence-corrected chi connectivity index (χ3v) is 5.70. The lowest BCUT2D eigenvalue weighted by molar-refractivity contribution is 0.115. The van der Waals surface area contributed by atoms with Gasteiger partial charge in [-0.1, -0.05) is 18.9 Å². The molecule has 0 amide bonds. The summed E-state index contributed by atoms with van der Waals surface area (Å²) in [6.45, 7) is 0.645. The Labute approximate surface area is 169 Å². The maximum atomic E-state index is 10.1. The normalized spacial score (nSPS) is 20.1. The number of imidazole rings is 1. The first-order valence-corrected chi connectivity index (χ1v) is 10.3. The molecule has 3 heterocycles. The highest BCUT2D eigenvalue weighted by Gasteiger charge is 2.24. The van der Waals surface area contributed by atoms with Gasteiger partial charge in [-0.15, -0.1) is 0 Å². The summed E-state index contributed by atoms with van der Waals surface area (Å²) in [6, 6.07) is 8.42. The molecule has 5 rings (SSSR count). The van der Waals surface area contributed by atoms with Gasteiger partial charge in [0.15, 0.2) is 11.2 Å². The zero-order chi connectivity index (χ0) is 19.1. The molecule has 0 radical (unpaired) electrons. The van der Waals surface area contributed by atoms with E-state index in [1.165, 1.54) is 0 Å². The van der Waals surface area contributed by atoms with Crippen molar-refractivity contribution in [1.82, 2.24) is 19.5 Å². The largest absolute Gasteiger partial charge is 0.424 e. The zero-order valence-electron chi connectivity index (χ0n) is 15.2. The Bertz CT molecular complexity index is 1140. The first-order chi connectivity index (χ1) is 13.7. The second-order valence-electron chi connectivity index (χ2n) is 7.29. The van der Waals surface area contributed by atoms with Crippen LogP contribution in [0.5, 0.6) is 0 Å². The molecule has 1 aliphatic carbocycles. The summed E-state index contributed by atoms with van der Waals surface area (Å²) in [5.41, 5.74) is 4.30. The molecular formula is C20H20BrN5O2. The van der Waals surface area contributed by atoms with E-state index in [2.05, 4.69) is 36.2 Å². The number of halogens is 1. The zero-order valence-corrected chi connectivity index (χ0v) is 16.8. The van der Waals surface area contributed by atoms with Gasteiger partial charge in [-0.25, -0.2) is 9.97 Å². The fraction of sp³-hybridized carbons (Fsp3) is 0.350. The number of aliphatic hydroxyl groups is 1. The number of nitrogens with one attached hydrogen (secondary N) is 1. The second-order valence-corrected chi connectivity index (χ2v) is 8.21. The van der Waals surface area contributed by atoms with Gasteiger partial charge >= 0.3 is 0 Å². The molecule has 0 bridgehead atoms. The van der Waals surface area contributed by atoms with E-state index < -0.39 is 0 Å². The predicted molar refractivity (Wildman–Crippen MR) is 110 cm³/mol. The molecule has 1 aromatic carbocycles. The van der Waals surface area contributed by atoms with Crippen molar-refractivity contribution in [3.05, 3.63) is 46.8 Å². The molecule has 4 aromatic rings. The summed E-state index contributed by atoms with van der Waals surface area (Å²) >= 11 is 3.42. The minimum atomic E-state index is -0.346. The van der Waals surface area contributed by atoms with E-state index in [1.807, 2.05) is 28.8 Å². The maximum absolute atomic E-state index is 10.1. The summed E-state index contributed by atoms with van der Waals surface area (Å²) in [5, 5.41) is 13.4. The number of benzene rings is 1. The fourth-order valence-corrected chi connectivity index (χ4v) is 4.12. The highest BCUT2D eigenvalue weighted by Crippen LogP contribution is 2.26. The van der Waals surface area contributed by atoms with Crippen LogP contribution >= 0.6 is 15.9 Å². The molecule has 1 saturated carbocycles. The van der Waals surface area contributed by atoms with Crippen LogP contribution in [0.15, 0.2) is 45.7 Å². The van der Waals surface area contributed by atoms with Gasteiger partial charge in [-0.05, 0) is 52.5 Å². The molecule has 0 unspecified atom stereocenters. The number of rotatable bonds is 4. The van der Waals surface area contributed by atoms with E-state index in [4.69, 9.17) is 4.42 Å². The smallest absolute Gasteiger partial charge is 0.295 e. The van der Waals surface area contributed by atoms with E-state index in [1.54, 1.807) is 12.5 Å². The van der Waals surface area contributed by atoms with Crippen LogP contribution in [0.3, 0.4) is 0 Å². The van der Waals surface area contributed by atoms with Crippen LogP contribution in [0.4, 0.5) is 6.01 Å². The predicted octanol–water partition coefficient (Wildman–Crippen LogP) is 4.10. The number of nitrogens with zero attached hydrogens (tertiary/aromatic N) is 4. The first kappa shape index (κ1) is 17.6. The number of hydrogen-bond donors (Lipinski definition) is 2. The van der Waals surface area contributed by atoms with Gasteiger partial charge in [0, 0.05) is 10.7 Å². The van der Waals surface area contributed by atoms with Crippen LogP contribution in [0.2, 0.25) is 0 Å². The molecule has 28 heavy (non-hydrogen) atoms. The Morgan fingerprint density at radius 3 is 2.96 bits per heavy atom. The van der Waals surface area contributed by atoms with Crippen molar-refractivity contribution in [2.45, 2.75) is 44.4 Å². The Morgan fingerprint density at radius 2 is 2.07 bits per heavy atom. The van der Waals surface area contributed by atoms with E-state index in [0.29, 0.717) is 12.6 Å². The molecule has 3 aromatic heterocycles. The molecule has 0 saturated heterocycles. The van der Waals surface area contributed by atoms with Gasteiger partial charge in [-0.2, -0.15) is 4.98 Å². The number of hydrogen-bond acceptors (Lipinski definition) is 6. The van der Waals surface area contributed by atoms with E-state index in [-0.39, 0.29) is 12.1 Å². The van der Waals surface area contributed by atoms with Gasteiger partial charge in [0.1, 0.15) is 11.0 Å². The van der Waals surface area contributed by atoms with Crippen LogP contribution in [0, 0.1) is 0 Å². The van der Waals surface area contributed by atoms with Crippen molar-refractivity contribution in [3.63, 3.8) is 0 Å². The summed E-state index contributed by atoms with van der Waals surface area (Å²) in [4.78, 5) is 13.4. The standard InChI is InChI=1S/C20H20BrN5O2/c21-13-8-16-19(22-9-13)26(11-23-16)10-12-5-6-15-18(7-12)28-20(25-15)24-14-3-1-2-4-17(14)27/h5-9,11,14,17,27H,1-4,10H2,(H,24,25)/t14-,17-/m1/s1. The highest BCUT2D eigenvalue weighted by molar-refractivity contribution is 9.10. The Morgan fingerprint density at radius 1 is 1.18 bits per heavy atom. The number of aliphatic hydroxyl groups excluding tert-OH is 1. The SMILES string of the molecule is O[C@@H]1CCCC[C@H]1Nc1nc2ccc(Cn3cnc4cc(Br)cnc43)cc2o1. The Kier molecular flexibility index (Phi) is 4.52. The third-order valence-electron chi connectivity index (χ3n) is 5.27. The topological polar surface area (TPSA) is 89.0 Å². The summed E-state index contributed by atoms with van der Waals surface area (Å²) in [6.07, 6.45) is 7.17. The second kappa shape index (κ2) is 7.18. The van der Waals surface area contributed by atoms with Gasteiger partial charge in [-0.3, -0.25) is 0 Å². The van der Waals surface area contributed by atoms with E-state index in [9.17, 15) is 5.11 Å². The van der Waals surface area contributed by atoms with Crippen LogP contribution in [0.25, 0.3) is 22.3 Å². The average molecular weight is 442 g/mol. The fourth-order valence-electron chi connectivity index (χ4n) is 3.80. The maximum Gasteiger partial charge on any atom is 0.295 e. The third kappa shape index (κ3) is 3.38. The van der Waals surface area contributed by atoms with Crippen molar-refractivity contribution < 1.29 is 9.52 Å². The Hall–Kier alpha value is -2.45. The van der Waals surface area contributed by atoms with Gasteiger partial charge < -0.3 is 19.4 Å². The molecule has 2 N–H and O–H groups in total. The molecule has 0 spiro atoms. The Balaban J connectivity index is 1.38. The van der Waals surface area contributed by atoms with Gasteiger partial charge in [0.05, 0.1) is 25.0 Å². The minimum absolute atomic E-state index is 0.00370. The molecule has 7 nitrogen and oxygen atoms in total. The highest BCUT2D eigenvalue weighted by atomic mass is 79.9. The number of aromatic nitrogens is 4. The van der Waals surface area contributed by atoms with Crippen molar-refractivity contribution in [3.8, 4) is 0 Å². The number of anilines is 1. The average Bonchev–Trinajstić information content (AvgIpc) is 3.26. The molecule has 8 heteroatoms. The van der Waals surface area contributed by atoms with Crippen LogP contribution in [-0.2, 0) is 6.54 Å². The van der Waals surface area contributed by atoms with Gasteiger partial charge in [0.25, 0.3) is 6.01 Å². The monoisotopic (exact) mass is 441 g/mol. The summed E-state index contributed by atoms with van der Waals surface area (Å²) < 4.78 is 8.83. The van der Waals surface area contributed by atoms with Crippen molar-refractivity contribution in [2.24, 2.45) is 0 Å². The van der Waals surface area contributed by atoms with E-state index in [0.717, 1.165) is 58.0 Å². The molecule has 0 aliphatic heterocycles. The van der Waals surface area contributed by atoms with Crippen molar-refractivity contribution in [1.29, 1.82) is 0 Å². The van der Waals surface area contributed by atoms with Crippen molar-refractivity contribution in [2.75, 3.05) is 5.32 Å². The van der Waals surface area contributed by atoms with Gasteiger partial charge in [0.2, 0.25) is 0 Å². The molecule has 1 fully saturated rings. The lowest BCUT2D eigenvalue weighted by atomic mass is 9.93. The molecular weight excluding hydrogens is 422 g/mol. The van der Waals surface area contributed by atoms with Crippen LogP contribution in [0.1, 0.15) is 31.2 Å². The quantitative estimate of drug-likeness (QED) is 0.495. The van der Waals surface area contributed by atoms with Crippen LogP contribution < -0.4 is 5.32 Å². The summed E-state index contributed by atoms with van der Waals surface area (Å²) in [7, 11) is 0. The molecule has 144 valence electrons. The van der Waals surface area contributed by atoms with Crippen LogP contribution in [-0.4, -0.2) is 36.8 Å². The number of fused-ring (bicyclic) bond motifs is 2.